The monoisotopic (exact) mass is 638 g/mol. The molecule has 44 heavy (non-hydrogen) atoms. The van der Waals surface area contributed by atoms with Gasteiger partial charge in [-0.05, 0) is 12.8 Å². The Labute approximate surface area is 263 Å². The molecule has 2 aliphatic rings. The van der Waals surface area contributed by atoms with Gasteiger partial charge in [-0.1, -0.05) is 103 Å². The van der Waals surface area contributed by atoms with E-state index in [9.17, 15) is 40.9 Å². The van der Waals surface area contributed by atoms with Gasteiger partial charge in [0.05, 0.1) is 13.2 Å². The van der Waals surface area contributed by atoms with Gasteiger partial charge in [0.1, 0.15) is 48.8 Å². The second-order valence-electron chi connectivity index (χ2n) is 12.5. The molecule has 2 rings (SSSR count). The van der Waals surface area contributed by atoms with Crippen LogP contribution in [0.25, 0.3) is 0 Å². The van der Waals surface area contributed by atoms with E-state index in [2.05, 4.69) is 0 Å². The fourth-order valence-corrected chi connectivity index (χ4v) is 5.84. The molecule has 262 valence electrons. The molecule has 0 amide bonds. The van der Waals surface area contributed by atoms with Crippen molar-refractivity contribution in [3.63, 3.8) is 0 Å². The van der Waals surface area contributed by atoms with Crippen molar-refractivity contribution in [1.29, 1.82) is 0 Å². The van der Waals surface area contributed by atoms with Crippen LogP contribution in [0.1, 0.15) is 116 Å². The summed E-state index contributed by atoms with van der Waals surface area (Å²) in [6, 6.07) is 0. The summed E-state index contributed by atoms with van der Waals surface area (Å²) in [5, 5.41) is 77.6. The minimum atomic E-state index is -1.40. The van der Waals surface area contributed by atoms with E-state index in [4.69, 9.17) is 18.9 Å². The van der Waals surface area contributed by atoms with Crippen LogP contribution >= 0.6 is 0 Å². The molecule has 2 aliphatic heterocycles. The third-order valence-corrected chi connectivity index (χ3v) is 8.80. The Morgan fingerprint density at radius 2 is 0.591 bits per heavy atom. The molecule has 0 aliphatic carbocycles. The summed E-state index contributed by atoms with van der Waals surface area (Å²) in [6.07, 6.45) is 9.11. The van der Waals surface area contributed by atoms with Crippen LogP contribution in [0.3, 0.4) is 0 Å². The number of hydrogen-bond donors (Lipinski definition) is 8. The van der Waals surface area contributed by atoms with Crippen molar-refractivity contribution in [2.24, 2.45) is 0 Å². The highest BCUT2D eigenvalue weighted by Gasteiger charge is 2.44. The molecule has 0 bridgehead atoms. The van der Waals surface area contributed by atoms with Crippen molar-refractivity contribution in [3.8, 4) is 0 Å². The Balaban J connectivity index is 1.27. The highest BCUT2D eigenvalue weighted by molar-refractivity contribution is 4.89. The average Bonchev–Trinajstić information content (AvgIpc) is 3.03. The maximum atomic E-state index is 9.98. The first kappa shape index (κ1) is 39.7. The Morgan fingerprint density at radius 1 is 0.341 bits per heavy atom. The first-order valence-electron chi connectivity index (χ1n) is 17.2. The molecule has 0 saturated carbocycles. The molecule has 0 aromatic carbocycles. The summed E-state index contributed by atoms with van der Waals surface area (Å²) < 4.78 is 21.7. The molecule has 2 saturated heterocycles. The Kier molecular flexibility index (Phi) is 21.5. The standard InChI is InChI=1S/C32H62O12/c33-21-23-25(35)27(37)29(39)31(43-23)41-19-17-15-13-11-9-7-5-3-1-2-4-6-8-10-12-14-16-18-20-42-32-30(40)28(38)26(36)24(22-34)44-32/h23-40H,1-22H2/t23-,24-,25+,26+,27+,28+,29-,30-,31-,32-/m1/s1. The highest BCUT2D eigenvalue weighted by atomic mass is 16.7. The molecule has 2 fully saturated rings. The van der Waals surface area contributed by atoms with Crippen LogP contribution in [-0.2, 0) is 18.9 Å². The molecular formula is C32H62O12. The van der Waals surface area contributed by atoms with Crippen LogP contribution in [0.2, 0.25) is 0 Å². The van der Waals surface area contributed by atoms with Crippen molar-refractivity contribution in [2.45, 2.75) is 177 Å². The molecule has 0 aromatic rings. The lowest BCUT2D eigenvalue weighted by Crippen LogP contribution is -2.59. The molecule has 0 aromatic heterocycles. The second kappa shape index (κ2) is 23.8. The molecule has 8 N–H and O–H groups in total. The van der Waals surface area contributed by atoms with Crippen molar-refractivity contribution in [2.75, 3.05) is 26.4 Å². The Bertz CT molecular complexity index is 628. The summed E-state index contributed by atoms with van der Waals surface area (Å²) in [5.74, 6) is 0. The predicted molar refractivity (Wildman–Crippen MR) is 163 cm³/mol. The van der Waals surface area contributed by atoms with E-state index < -0.39 is 74.6 Å². The van der Waals surface area contributed by atoms with Gasteiger partial charge in [0.25, 0.3) is 0 Å². The first-order valence-corrected chi connectivity index (χ1v) is 17.2. The molecular weight excluding hydrogens is 576 g/mol. The van der Waals surface area contributed by atoms with Gasteiger partial charge in [-0.3, -0.25) is 0 Å². The zero-order valence-corrected chi connectivity index (χ0v) is 26.5. The summed E-state index contributed by atoms with van der Waals surface area (Å²) >= 11 is 0. The lowest BCUT2D eigenvalue weighted by Gasteiger charge is -2.39. The fraction of sp³-hybridized carbons (Fsp3) is 1.00. The molecule has 0 radical (unpaired) electrons. The fourth-order valence-electron chi connectivity index (χ4n) is 5.84. The maximum absolute atomic E-state index is 9.98. The maximum Gasteiger partial charge on any atom is 0.186 e. The van der Waals surface area contributed by atoms with E-state index in [1.807, 2.05) is 0 Å². The first-order chi connectivity index (χ1) is 21.3. The topological polar surface area (TPSA) is 199 Å². The van der Waals surface area contributed by atoms with Crippen LogP contribution in [0.5, 0.6) is 0 Å². The molecule has 0 spiro atoms. The van der Waals surface area contributed by atoms with Crippen molar-refractivity contribution in [3.05, 3.63) is 0 Å². The zero-order valence-electron chi connectivity index (χ0n) is 26.5. The van der Waals surface area contributed by atoms with E-state index in [0.717, 1.165) is 38.5 Å². The van der Waals surface area contributed by atoms with Gasteiger partial charge >= 0.3 is 0 Å². The quantitative estimate of drug-likeness (QED) is 0.0674. The smallest absolute Gasteiger partial charge is 0.186 e. The number of rotatable bonds is 25. The van der Waals surface area contributed by atoms with Gasteiger partial charge in [0, 0.05) is 13.2 Å². The van der Waals surface area contributed by atoms with Gasteiger partial charge in [-0.15, -0.1) is 0 Å². The van der Waals surface area contributed by atoms with E-state index in [1.165, 1.54) is 77.0 Å². The third kappa shape index (κ3) is 14.5. The van der Waals surface area contributed by atoms with E-state index >= 15 is 0 Å². The summed E-state index contributed by atoms with van der Waals surface area (Å²) in [6.45, 7) is -0.104. The predicted octanol–water partition coefficient (Wildman–Crippen LogP) is 1.64. The van der Waals surface area contributed by atoms with E-state index in [1.54, 1.807) is 0 Å². The molecule has 2 heterocycles. The summed E-state index contributed by atoms with van der Waals surface area (Å²) in [4.78, 5) is 0. The lowest BCUT2D eigenvalue weighted by atomic mass is 9.99. The zero-order chi connectivity index (χ0) is 32.2. The van der Waals surface area contributed by atoms with E-state index in [0.29, 0.717) is 13.2 Å². The van der Waals surface area contributed by atoms with Crippen molar-refractivity contribution in [1.82, 2.24) is 0 Å². The van der Waals surface area contributed by atoms with Gasteiger partial charge in [0.2, 0.25) is 0 Å². The number of ether oxygens (including phenoxy) is 4. The number of aliphatic hydroxyl groups is 8. The number of hydrogen-bond acceptors (Lipinski definition) is 12. The van der Waals surface area contributed by atoms with Crippen LogP contribution < -0.4 is 0 Å². The SMILES string of the molecule is OC[C@H]1O[C@@H](OCCCCCCCCCCCCCCCCCCCCO[C@@H]2O[C@H](CO)[C@H](O)[C@H](O)[C@H]2O)[C@H](O)[C@@H](O)[C@H]1O. The number of aliphatic hydroxyl groups excluding tert-OH is 8. The van der Waals surface area contributed by atoms with Gasteiger partial charge in [0.15, 0.2) is 12.6 Å². The third-order valence-electron chi connectivity index (χ3n) is 8.80. The highest BCUT2D eigenvalue weighted by Crippen LogP contribution is 2.24. The van der Waals surface area contributed by atoms with E-state index in [-0.39, 0.29) is 0 Å². The molecule has 0 unspecified atom stereocenters. The van der Waals surface area contributed by atoms with Crippen LogP contribution in [0.15, 0.2) is 0 Å². The summed E-state index contributed by atoms with van der Waals surface area (Å²) in [5.41, 5.74) is 0. The molecule has 10 atom stereocenters. The van der Waals surface area contributed by atoms with Crippen LogP contribution in [-0.4, -0.2) is 129 Å². The Morgan fingerprint density at radius 3 is 0.841 bits per heavy atom. The second-order valence-corrected chi connectivity index (χ2v) is 12.5. The van der Waals surface area contributed by atoms with Crippen molar-refractivity contribution >= 4 is 0 Å². The van der Waals surface area contributed by atoms with Crippen LogP contribution in [0.4, 0.5) is 0 Å². The average molecular weight is 639 g/mol. The van der Waals surface area contributed by atoms with Gasteiger partial charge in [-0.25, -0.2) is 0 Å². The lowest BCUT2D eigenvalue weighted by molar-refractivity contribution is -0.301. The molecule has 12 heteroatoms. The summed E-state index contributed by atoms with van der Waals surface area (Å²) in [7, 11) is 0. The minimum absolute atomic E-state index is 0.398. The van der Waals surface area contributed by atoms with Gasteiger partial charge in [-0.2, -0.15) is 0 Å². The van der Waals surface area contributed by atoms with Gasteiger partial charge < -0.3 is 59.8 Å². The van der Waals surface area contributed by atoms with Crippen LogP contribution in [0, 0.1) is 0 Å². The largest absolute Gasteiger partial charge is 0.394 e. The van der Waals surface area contributed by atoms with Crippen molar-refractivity contribution < 1.29 is 59.8 Å². The number of unbranched alkanes of at least 4 members (excludes halogenated alkanes) is 17. The normalized spacial score (nSPS) is 32.7. The minimum Gasteiger partial charge on any atom is -0.394 e. The Hall–Kier alpha value is -0.480. The molecule has 12 nitrogen and oxygen atoms in total.